The Kier molecular flexibility index (Phi) is 4.88. The molecule has 2 aromatic carbocycles. The van der Waals surface area contributed by atoms with E-state index in [0.29, 0.717) is 5.69 Å². The first-order valence-corrected chi connectivity index (χ1v) is 9.00. The van der Waals surface area contributed by atoms with Crippen LogP contribution in [-0.4, -0.2) is 18.2 Å². The molecule has 0 spiro atoms. The van der Waals surface area contributed by atoms with Gasteiger partial charge >= 0.3 is 0 Å². The lowest BCUT2D eigenvalue weighted by Crippen LogP contribution is -2.20. The maximum absolute atomic E-state index is 12.0. The molecule has 0 unspecified atom stereocenters. The summed E-state index contributed by atoms with van der Waals surface area (Å²) in [6.45, 7) is 0.140. The third kappa shape index (κ3) is 4.41. The molecule has 0 aliphatic rings. The third-order valence-corrected chi connectivity index (χ3v) is 4.40. The van der Waals surface area contributed by atoms with E-state index in [1.165, 1.54) is 0 Å². The lowest BCUT2D eigenvalue weighted by atomic mass is 10.2. The van der Waals surface area contributed by atoms with E-state index >= 15 is 0 Å². The van der Waals surface area contributed by atoms with Gasteiger partial charge in [0.1, 0.15) is 0 Å². The molecule has 0 aliphatic carbocycles. The number of nitrogens with zero attached hydrogens (tertiary/aromatic N) is 2. The van der Waals surface area contributed by atoms with Crippen molar-refractivity contribution in [3.05, 3.63) is 89.6 Å². The van der Waals surface area contributed by atoms with E-state index in [-0.39, 0.29) is 6.54 Å². The molecule has 0 fully saturated rings. The predicted molar refractivity (Wildman–Crippen MR) is 94.8 cm³/mol. The van der Waals surface area contributed by atoms with E-state index in [1.54, 1.807) is 23.0 Å². The molecule has 24 heavy (non-hydrogen) atoms. The van der Waals surface area contributed by atoms with Crippen molar-refractivity contribution >= 4 is 16.1 Å². The van der Waals surface area contributed by atoms with Gasteiger partial charge in [0, 0.05) is 11.6 Å². The third-order valence-electron chi connectivity index (χ3n) is 3.36. The van der Waals surface area contributed by atoms with Gasteiger partial charge in [-0.15, -0.1) is 0 Å². The molecule has 0 atom stereocenters. The maximum Gasteiger partial charge on any atom is 0.234 e. The average molecular weight is 339 g/mol. The van der Waals surface area contributed by atoms with Crippen LogP contribution in [0.3, 0.4) is 0 Å². The second-order valence-corrected chi connectivity index (χ2v) is 6.82. The first-order valence-electron chi connectivity index (χ1n) is 7.45. The Morgan fingerprint density at radius 3 is 2.33 bits per heavy atom. The van der Waals surface area contributed by atoms with Crippen molar-refractivity contribution < 1.29 is 8.42 Å². The molecule has 0 amide bonds. The second-order valence-electron chi connectivity index (χ2n) is 5.17. The minimum Gasteiger partial charge on any atom is -0.241 e. The molecule has 3 aromatic rings. The Bertz CT molecular complexity index is 917. The topological polar surface area (TPSA) is 64.0 Å². The quantitative estimate of drug-likeness (QED) is 0.751. The average Bonchev–Trinajstić information content (AvgIpc) is 3.09. The van der Waals surface area contributed by atoms with Gasteiger partial charge < -0.3 is 0 Å². The molecule has 122 valence electrons. The molecule has 0 aliphatic heterocycles. The molecule has 1 aromatic heterocycles. The summed E-state index contributed by atoms with van der Waals surface area (Å²) in [6, 6.07) is 20.7. The molecule has 0 bridgehead atoms. The smallest absolute Gasteiger partial charge is 0.234 e. The summed E-state index contributed by atoms with van der Waals surface area (Å²) in [5.41, 5.74) is 2.40. The van der Waals surface area contributed by atoms with Gasteiger partial charge in [0.05, 0.1) is 17.9 Å². The van der Waals surface area contributed by atoms with Crippen LogP contribution in [-0.2, 0) is 16.6 Å². The number of aromatic nitrogens is 2. The zero-order valence-electron chi connectivity index (χ0n) is 12.9. The van der Waals surface area contributed by atoms with Gasteiger partial charge in [0.15, 0.2) is 0 Å². The summed E-state index contributed by atoms with van der Waals surface area (Å²) in [5, 5.41) is 5.53. The molecule has 1 N–H and O–H groups in total. The van der Waals surface area contributed by atoms with Crippen LogP contribution >= 0.6 is 0 Å². The van der Waals surface area contributed by atoms with E-state index in [2.05, 4.69) is 9.82 Å². The van der Waals surface area contributed by atoms with Crippen molar-refractivity contribution in [2.45, 2.75) is 6.54 Å². The molecule has 6 heteroatoms. The van der Waals surface area contributed by atoms with Gasteiger partial charge in [-0.1, -0.05) is 48.5 Å². The number of sulfonamides is 1. The monoisotopic (exact) mass is 339 g/mol. The van der Waals surface area contributed by atoms with Crippen LogP contribution in [0.1, 0.15) is 11.3 Å². The second kappa shape index (κ2) is 7.25. The van der Waals surface area contributed by atoms with Crippen molar-refractivity contribution in [3.63, 3.8) is 0 Å². The normalized spacial score (nSPS) is 11.8. The van der Waals surface area contributed by atoms with Crippen molar-refractivity contribution in [3.8, 4) is 5.69 Å². The van der Waals surface area contributed by atoms with Gasteiger partial charge in [-0.2, -0.15) is 5.10 Å². The molecular weight excluding hydrogens is 322 g/mol. The summed E-state index contributed by atoms with van der Waals surface area (Å²) in [5.74, 6) is 0. The van der Waals surface area contributed by atoms with E-state index in [1.807, 2.05) is 60.7 Å². The SMILES string of the molecule is O=S(=O)(/C=C/c1ccccc1)NCc1ccn(-c2ccccc2)n1. The summed E-state index contributed by atoms with van der Waals surface area (Å²) < 4.78 is 28.3. The van der Waals surface area contributed by atoms with Crippen molar-refractivity contribution in [2.24, 2.45) is 0 Å². The zero-order valence-corrected chi connectivity index (χ0v) is 13.7. The van der Waals surface area contributed by atoms with Crippen molar-refractivity contribution in [1.82, 2.24) is 14.5 Å². The molecular formula is C18H17N3O2S. The Morgan fingerprint density at radius 2 is 1.62 bits per heavy atom. The minimum absolute atomic E-state index is 0.140. The van der Waals surface area contributed by atoms with Gasteiger partial charge in [-0.25, -0.2) is 17.8 Å². The fourth-order valence-corrected chi connectivity index (χ4v) is 2.92. The van der Waals surface area contributed by atoms with Crippen LogP contribution in [0.25, 0.3) is 11.8 Å². The number of benzene rings is 2. The fourth-order valence-electron chi connectivity index (χ4n) is 2.14. The van der Waals surface area contributed by atoms with Crippen molar-refractivity contribution in [2.75, 3.05) is 0 Å². The first-order chi connectivity index (χ1) is 11.6. The van der Waals surface area contributed by atoms with Gasteiger partial charge in [-0.3, -0.25) is 0 Å². The molecule has 0 saturated heterocycles. The number of rotatable bonds is 6. The Hall–Kier alpha value is -2.70. The Morgan fingerprint density at radius 1 is 0.958 bits per heavy atom. The molecule has 1 heterocycles. The first kappa shape index (κ1) is 16.2. The Balaban J connectivity index is 1.63. The summed E-state index contributed by atoms with van der Waals surface area (Å²) >= 11 is 0. The van der Waals surface area contributed by atoms with Crippen LogP contribution in [0, 0.1) is 0 Å². The molecule has 0 radical (unpaired) electrons. The summed E-state index contributed by atoms with van der Waals surface area (Å²) in [4.78, 5) is 0. The van der Waals surface area contributed by atoms with Crippen molar-refractivity contribution in [1.29, 1.82) is 0 Å². The largest absolute Gasteiger partial charge is 0.241 e. The van der Waals surface area contributed by atoms with E-state index in [9.17, 15) is 8.42 Å². The predicted octanol–water partition coefficient (Wildman–Crippen LogP) is 2.96. The molecule has 3 rings (SSSR count). The standard InChI is InChI=1S/C18H17N3O2S/c22-24(23,14-12-16-7-3-1-4-8-16)19-15-17-11-13-21(20-17)18-9-5-2-6-10-18/h1-14,19H,15H2/b14-12+. The highest BCUT2D eigenvalue weighted by atomic mass is 32.2. The van der Waals surface area contributed by atoms with Gasteiger partial charge in [-0.05, 0) is 29.8 Å². The molecule has 5 nitrogen and oxygen atoms in total. The van der Waals surface area contributed by atoms with Gasteiger partial charge in [0.2, 0.25) is 10.0 Å². The lowest BCUT2D eigenvalue weighted by Gasteiger charge is -2.01. The number of para-hydroxylation sites is 1. The highest BCUT2D eigenvalue weighted by Gasteiger charge is 2.07. The van der Waals surface area contributed by atoms with E-state index < -0.39 is 10.0 Å². The van der Waals surface area contributed by atoms with Crippen LogP contribution in [0.15, 0.2) is 78.3 Å². The highest BCUT2D eigenvalue weighted by molar-refractivity contribution is 7.92. The Labute approximate surface area is 141 Å². The van der Waals surface area contributed by atoms with Gasteiger partial charge in [0.25, 0.3) is 0 Å². The van der Waals surface area contributed by atoms with Crippen LogP contribution in [0.2, 0.25) is 0 Å². The van der Waals surface area contributed by atoms with Crippen LogP contribution in [0.5, 0.6) is 0 Å². The van der Waals surface area contributed by atoms with E-state index in [0.717, 1.165) is 16.7 Å². The zero-order chi connectivity index (χ0) is 16.8. The lowest BCUT2D eigenvalue weighted by molar-refractivity contribution is 0.589. The minimum atomic E-state index is -3.51. The summed E-state index contributed by atoms with van der Waals surface area (Å²) in [6.07, 6.45) is 3.36. The van der Waals surface area contributed by atoms with Crippen LogP contribution in [0.4, 0.5) is 0 Å². The van der Waals surface area contributed by atoms with Crippen LogP contribution < -0.4 is 4.72 Å². The van der Waals surface area contributed by atoms with E-state index in [4.69, 9.17) is 0 Å². The highest BCUT2D eigenvalue weighted by Crippen LogP contribution is 2.07. The maximum atomic E-state index is 12.0. The fraction of sp³-hybridized carbons (Fsp3) is 0.0556. The molecule has 0 saturated carbocycles. The number of hydrogen-bond donors (Lipinski definition) is 1. The number of nitrogens with one attached hydrogen (secondary N) is 1. The summed E-state index contributed by atoms with van der Waals surface area (Å²) in [7, 11) is -3.51. The number of hydrogen-bond acceptors (Lipinski definition) is 3.